The van der Waals surface area contributed by atoms with Crippen LogP contribution in [0.3, 0.4) is 0 Å². The Labute approximate surface area is 299 Å². The number of hydrogen-bond donors (Lipinski definition) is 6. The molecule has 9 atom stereocenters. The van der Waals surface area contributed by atoms with E-state index >= 15 is 0 Å². The van der Waals surface area contributed by atoms with Gasteiger partial charge < -0.3 is 44.2 Å². The molecule has 1 rings (SSSR count). The molecule has 3 unspecified atom stereocenters. The van der Waals surface area contributed by atoms with Crippen molar-refractivity contribution in [2.24, 2.45) is 0 Å². The Morgan fingerprint density at radius 2 is 0.667 bits per heavy atom. The molecule has 0 bridgehead atoms. The highest BCUT2D eigenvalue weighted by Crippen LogP contribution is 2.54. The van der Waals surface area contributed by atoms with Gasteiger partial charge in [0, 0.05) is 19.8 Å². The minimum Gasteiger partial charge on any atom is -0.481 e. The summed E-state index contributed by atoms with van der Waals surface area (Å²) in [7, 11) is -15.6. The maximum absolute atomic E-state index is 13.2. The lowest BCUT2D eigenvalue weighted by molar-refractivity contribution is -0.245. The van der Waals surface area contributed by atoms with Crippen LogP contribution in [0.15, 0.2) is 0 Å². The number of carbonyl (C=O) groups is 3. The zero-order valence-electron chi connectivity index (χ0n) is 29.6. The van der Waals surface area contributed by atoms with Crippen LogP contribution in [-0.2, 0) is 55.9 Å². The fraction of sp³-hybridized carbons (Fsp3) is 0.900. The van der Waals surface area contributed by atoms with Crippen LogP contribution < -0.4 is 0 Å². The molecule has 1 saturated carbocycles. The fourth-order valence-corrected chi connectivity index (χ4v) is 8.60. The molecule has 0 heterocycles. The van der Waals surface area contributed by atoms with Crippen molar-refractivity contribution in [2.45, 2.75) is 134 Å². The lowest BCUT2D eigenvalue weighted by Gasteiger charge is -2.50. The largest absolute Gasteiger partial charge is 0.481 e. The lowest BCUT2D eigenvalue weighted by Crippen LogP contribution is -2.67. The van der Waals surface area contributed by atoms with E-state index in [0.29, 0.717) is 32.1 Å². The van der Waals surface area contributed by atoms with Gasteiger partial charge in [-0.2, -0.15) is 0 Å². The van der Waals surface area contributed by atoms with Crippen molar-refractivity contribution >= 4 is 40.7 Å². The summed E-state index contributed by atoms with van der Waals surface area (Å²) < 4.78 is 74.4. The molecule has 0 aromatic carbocycles. The van der Waals surface area contributed by atoms with Crippen LogP contribution in [0, 0.1) is 0 Å². The van der Waals surface area contributed by atoms with Crippen molar-refractivity contribution in [1.29, 1.82) is 0 Å². The molecule has 0 aliphatic heterocycles. The first-order chi connectivity index (χ1) is 23.9. The summed E-state index contributed by atoms with van der Waals surface area (Å²) >= 11 is 0. The van der Waals surface area contributed by atoms with Gasteiger partial charge in [-0.15, -0.1) is 0 Å². The molecule has 18 nitrogen and oxygen atoms in total. The first kappa shape index (κ1) is 47.8. The lowest BCUT2D eigenvalue weighted by atomic mass is 9.84. The summed E-state index contributed by atoms with van der Waals surface area (Å²) in [4.78, 5) is 66.5. The van der Waals surface area contributed by atoms with Crippen molar-refractivity contribution in [3.63, 3.8) is 0 Å². The minimum absolute atomic E-state index is 0.0280. The quantitative estimate of drug-likeness (QED) is 0.0418. The average Bonchev–Trinajstić information content (AvgIpc) is 2.98. The molecular weight excluding hydrogens is 741 g/mol. The van der Waals surface area contributed by atoms with Gasteiger partial charge in [-0.3, -0.25) is 41.6 Å². The zero-order chi connectivity index (χ0) is 38.7. The van der Waals surface area contributed by atoms with E-state index in [4.69, 9.17) is 27.8 Å². The molecule has 6 N–H and O–H groups in total. The Balaban J connectivity index is 4.00. The van der Waals surface area contributed by atoms with E-state index in [0.717, 1.165) is 44.9 Å². The van der Waals surface area contributed by atoms with E-state index in [2.05, 4.69) is 0 Å². The Morgan fingerprint density at radius 1 is 0.431 bits per heavy atom. The van der Waals surface area contributed by atoms with E-state index in [1.165, 1.54) is 0 Å². The van der Waals surface area contributed by atoms with Crippen LogP contribution in [-0.4, -0.2) is 123 Å². The van der Waals surface area contributed by atoms with Crippen LogP contribution >= 0.6 is 22.8 Å². The Bertz CT molecular complexity index is 1140. The van der Waals surface area contributed by atoms with Gasteiger partial charge in [-0.1, -0.05) is 78.6 Å². The van der Waals surface area contributed by atoms with Crippen molar-refractivity contribution in [2.75, 3.05) is 38.3 Å². The third kappa shape index (κ3) is 19.6. The van der Waals surface area contributed by atoms with E-state index < -0.39 is 95.8 Å². The van der Waals surface area contributed by atoms with Gasteiger partial charge in [0.05, 0.1) is 0 Å². The summed E-state index contributed by atoms with van der Waals surface area (Å²) in [6.07, 6.45) is -6.52. The zero-order valence-corrected chi connectivity index (χ0v) is 32.3. The Morgan fingerprint density at radius 3 is 0.902 bits per heavy atom. The first-order valence-electron chi connectivity index (χ1n) is 17.4. The summed E-state index contributed by atoms with van der Waals surface area (Å²) in [6, 6.07) is 0. The monoisotopic (exact) mass is 798 g/mol. The van der Waals surface area contributed by atoms with Crippen LogP contribution in [0.5, 0.6) is 0 Å². The maximum Gasteiger partial charge on any atom is 0.339 e. The van der Waals surface area contributed by atoms with E-state index in [9.17, 15) is 58.1 Å². The van der Waals surface area contributed by atoms with Gasteiger partial charge in [0.25, 0.3) is 0 Å². The van der Waals surface area contributed by atoms with Crippen LogP contribution in [0.25, 0.3) is 0 Å². The number of hydrogen-bond acceptors (Lipinski definition) is 12. The van der Waals surface area contributed by atoms with E-state index in [1.807, 2.05) is 20.8 Å². The number of rotatable bonds is 30. The van der Waals surface area contributed by atoms with E-state index in [-0.39, 0.29) is 19.8 Å². The molecule has 1 aliphatic carbocycles. The van der Waals surface area contributed by atoms with Gasteiger partial charge in [-0.05, 0) is 19.3 Å². The second-order valence-electron chi connectivity index (χ2n) is 12.5. The number of unbranched alkanes of at least 4 members (excludes halogenated alkanes) is 9. The Kier molecular flexibility index (Phi) is 22.7. The molecule has 1 fully saturated rings. The number of carboxylic acid groups (broad SMARTS) is 3. The fourth-order valence-electron chi connectivity index (χ4n) is 5.49. The van der Waals surface area contributed by atoms with Gasteiger partial charge >= 0.3 is 40.7 Å². The number of aliphatic carboxylic acids is 3. The highest BCUT2D eigenvalue weighted by molar-refractivity contribution is 7.54. The molecule has 21 heteroatoms. The molecule has 0 aromatic heterocycles. The molecule has 51 heavy (non-hydrogen) atoms. The number of ether oxygens (including phenoxy) is 3. The molecular formula is C30H57O18P3. The van der Waals surface area contributed by atoms with Crippen LogP contribution in [0.4, 0.5) is 0 Å². The topological polar surface area (TPSA) is 279 Å². The molecule has 0 saturated heterocycles. The van der Waals surface area contributed by atoms with Crippen LogP contribution in [0.1, 0.15) is 97.8 Å². The first-order valence-corrected chi connectivity index (χ1v) is 22.7. The second kappa shape index (κ2) is 24.2. The van der Waals surface area contributed by atoms with Crippen molar-refractivity contribution in [3.05, 3.63) is 0 Å². The highest BCUT2D eigenvalue weighted by Gasteiger charge is 2.59. The van der Waals surface area contributed by atoms with Crippen molar-refractivity contribution < 1.29 is 85.9 Å². The molecule has 300 valence electrons. The summed E-state index contributed by atoms with van der Waals surface area (Å²) in [6.45, 7) is 5.94. The Hall–Kier alpha value is -1.26. The standard InChI is InChI=1S/C30H57O18P3/c1-4-7-10-13-16-43-25-26(44-17-14-11-8-5-2)28(46-49(37,38)19-22(31)32)30(48-51(41,42)21-24(35)36)29(47-50(39,40)20-23(33)34)27(25)45-18-15-12-9-6-3/h25-30H,4-21H2,1-3H3,(H,31,32)(H,33,34)(H,35,36)(H,37,38)(H,39,40)(H,41,42)/t25-,26-,27+,28-,29-,30-/m0/s1. The smallest absolute Gasteiger partial charge is 0.339 e. The van der Waals surface area contributed by atoms with Gasteiger partial charge in [0.15, 0.2) is 0 Å². The highest BCUT2D eigenvalue weighted by atomic mass is 31.2. The van der Waals surface area contributed by atoms with Crippen LogP contribution in [0.2, 0.25) is 0 Å². The molecule has 0 radical (unpaired) electrons. The molecule has 1 aliphatic rings. The van der Waals surface area contributed by atoms with Gasteiger partial charge in [0.2, 0.25) is 0 Å². The summed E-state index contributed by atoms with van der Waals surface area (Å²) in [5, 5.41) is 28.0. The van der Waals surface area contributed by atoms with Crippen molar-refractivity contribution in [3.8, 4) is 0 Å². The normalized spacial score (nSPS) is 25.8. The number of carboxylic acids is 3. The van der Waals surface area contributed by atoms with Gasteiger partial charge in [0.1, 0.15) is 55.1 Å². The van der Waals surface area contributed by atoms with Gasteiger partial charge in [-0.25, -0.2) is 0 Å². The predicted octanol–water partition coefficient (Wildman–Crippen LogP) is 4.86. The maximum atomic E-state index is 13.2. The van der Waals surface area contributed by atoms with E-state index in [1.54, 1.807) is 0 Å². The third-order valence-electron chi connectivity index (χ3n) is 7.73. The SMILES string of the molecule is CCCCCCO[C@@H]1[C@@H](OCCCCCC)[C@H](OP(=O)(O)CC(=O)O)[C@@H](OP(=O)(O)CC(=O)O)[C@@H](OP(=O)(O)CC(=O)O)[C@H]1OCCCCCC. The molecule has 0 amide bonds. The molecule has 0 aromatic rings. The third-order valence-corrected chi connectivity index (χ3v) is 11.5. The summed E-state index contributed by atoms with van der Waals surface area (Å²) in [5.41, 5.74) is 0. The predicted molar refractivity (Wildman–Crippen MR) is 183 cm³/mol. The summed E-state index contributed by atoms with van der Waals surface area (Å²) in [5.74, 6) is -5.29. The minimum atomic E-state index is -5.25. The second-order valence-corrected chi connectivity index (χ2v) is 17.9. The average molecular weight is 799 g/mol. The molecule has 0 spiro atoms. The van der Waals surface area contributed by atoms with Crippen molar-refractivity contribution in [1.82, 2.24) is 0 Å².